The zero-order chi connectivity index (χ0) is 16.4. The van der Waals surface area contributed by atoms with Crippen molar-refractivity contribution in [2.24, 2.45) is 0 Å². The average molecular weight is 354 g/mol. The van der Waals surface area contributed by atoms with E-state index in [9.17, 15) is 4.79 Å². The molecule has 0 aliphatic rings. The number of carbonyl (C=O) groups is 1. The molecule has 0 atom stereocenters. The van der Waals surface area contributed by atoms with Gasteiger partial charge in [0.15, 0.2) is 20.0 Å². The second-order valence-electron chi connectivity index (χ2n) is 4.34. The summed E-state index contributed by atoms with van der Waals surface area (Å²) in [5.41, 5.74) is 1.22. The molecule has 9 nitrogen and oxygen atoms in total. The molecule has 0 saturated carbocycles. The van der Waals surface area contributed by atoms with Crippen LogP contribution in [0.3, 0.4) is 0 Å². The lowest BCUT2D eigenvalue weighted by molar-refractivity contribution is 0.103. The quantitative estimate of drug-likeness (QED) is 0.502. The fourth-order valence-corrected chi connectivity index (χ4v) is 3.35. The lowest BCUT2D eigenvalue weighted by Crippen LogP contribution is -1.99. The largest absolute Gasteiger partial charge is 0.283 e. The van der Waals surface area contributed by atoms with E-state index in [-0.39, 0.29) is 15.8 Å². The first kappa shape index (κ1) is 14.5. The van der Waals surface area contributed by atoms with E-state index in [1.165, 1.54) is 12.7 Å². The minimum absolute atomic E-state index is 0.231. The number of ketones is 1. The van der Waals surface area contributed by atoms with Crippen molar-refractivity contribution in [3.63, 3.8) is 0 Å². The maximum absolute atomic E-state index is 12.5. The van der Waals surface area contributed by atoms with Gasteiger partial charge >= 0.3 is 0 Å². The maximum Gasteiger partial charge on any atom is 0.254 e. The predicted octanol–water partition coefficient (Wildman–Crippen LogP) is 1.53. The van der Waals surface area contributed by atoms with Gasteiger partial charge in [0.2, 0.25) is 0 Å². The molecule has 0 fully saturated rings. The van der Waals surface area contributed by atoms with Gasteiger partial charge < -0.3 is 0 Å². The predicted molar refractivity (Wildman–Crippen MR) is 85.3 cm³/mol. The third-order valence-corrected chi connectivity index (χ3v) is 4.73. The van der Waals surface area contributed by atoms with Crippen molar-refractivity contribution in [3.8, 4) is 21.4 Å². The third-order valence-electron chi connectivity index (χ3n) is 2.84. The minimum Gasteiger partial charge on any atom is -0.283 e. The second kappa shape index (κ2) is 6.22. The van der Waals surface area contributed by atoms with E-state index in [4.69, 9.17) is 0 Å². The van der Waals surface area contributed by atoms with Gasteiger partial charge in [0.25, 0.3) is 5.78 Å². The van der Waals surface area contributed by atoms with Crippen molar-refractivity contribution >= 4 is 28.5 Å². The van der Waals surface area contributed by atoms with Crippen LogP contribution in [0.5, 0.6) is 0 Å². The Labute approximate surface area is 142 Å². The Morgan fingerprint density at radius 3 is 1.67 bits per heavy atom. The Balaban J connectivity index is 1.61. The van der Waals surface area contributed by atoms with E-state index >= 15 is 0 Å². The highest BCUT2D eigenvalue weighted by molar-refractivity contribution is 7.19. The first-order chi connectivity index (χ1) is 11.8. The standard InChI is InChI=1S/C13H6N8OS2/c22-9(12-20-18-10(23-12)7-1-3-14-5-16-7)13-21-19-11(24-13)8-2-4-15-6-17-8/h1-6H. The Morgan fingerprint density at radius 1 is 0.750 bits per heavy atom. The maximum atomic E-state index is 12.5. The molecule has 0 aliphatic heterocycles. The molecule has 116 valence electrons. The molecule has 4 aromatic rings. The van der Waals surface area contributed by atoms with Crippen LogP contribution in [-0.2, 0) is 0 Å². The number of carbonyl (C=O) groups excluding carboxylic acids is 1. The fourth-order valence-electron chi connectivity index (χ4n) is 1.76. The van der Waals surface area contributed by atoms with Gasteiger partial charge in [-0.3, -0.25) is 4.79 Å². The Morgan fingerprint density at radius 2 is 1.25 bits per heavy atom. The molecule has 0 saturated heterocycles. The van der Waals surface area contributed by atoms with Crippen LogP contribution in [0.2, 0.25) is 0 Å². The van der Waals surface area contributed by atoms with Gasteiger partial charge in [-0.25, -0.2) is 19.9 Å². The molecule has 0 bridgehead atoms. The fraction of sp³-hybridized carbons (Fsp3) is 0. The first-order valence-corrected chi connectivity index (χ1v) is 8.19. The van der Waals surface area contributed by atoms with E-state index in [0.717, 1.165) is 22.7 Å². The monoisotopic (exact) mass is 354 g/mol. The van der Waals surface area contributed by atoms with Crippen LogP contribution in [-0.4, -0.2) is 46.1 Å². The molecule has 0 spiro atoms. The molecule has 0 amide bonds. The van der Waals surface area contributed by atoms with Crippen molar-refractivity contribution in [1.82, 2.24) is 40.3 Å². The van der Waals surface area contributed by atoms with Gasteiger partial charge in [0, 0.05) is 12.4 Å². The smallest absolute Gasteiger partial charge is 0.254 e. The molecule has 4 rings (SSSR count). The normalized spacial score (nSPS) is 10.7. The van der Waals surface area contributed by atoms with Crippen LogP contribution >= 0.6 is 22.7 Å². The molecule has 4 heterocycles. The van der Waals surface area contributed by atoms with Crippen molar-refractivity contribution in [2.75, 3.05) is 0 Å². The first-order valence-electron chi connectivity index (χ1n) is 6.56. The summed E-state index contributed by atoms with van der Waals surface area (Å²) in [6.45, 7) is 0. The molecule has 4 aromatic heterocycles. The van der Waals surface area contributed by atoms with E-state index in [2.05, 4.69) is 40.3 Å². The summed E-state index contributed by atoms with van der Waals surface area (Å²) < 4.78 is 0. The summed E-state index contributed by atoms with van der Waals surface area (Å²) in [7, 11) is 0. The summed E-state index contributed by atoms with van der Waals surface area (Å²) >= 11 is 2.29. The van der Waals surface area contributed by atoms with Crippen LogP contribution in [0.15, 0.2) is 37.2 Å². The summed E-state index contributed by atoms with van der Waals surface area (Å²) in [5.74, 6) is -0.328. The van der Waals surface area contributed by atoms with E-state index in [1.807, 2.05) is 0 Å². The Kier molecular flexibility index (Phi) is 3.76. The van der Waals surface area contributed by atoms with Crippen LogP contribution < -0.4 is 0 Å². The van der Waals surface area contributed by atoms with Gasteiger partial charge in [-0.05, 0) is 12.1 Å². The molecular weight excluding hydrogens is 348 g/mol. The van der Waals surface area contributed by atoms with E-state index in [1.54, 1.807) is 24.5 Å². The molecule has 11 heteroatoms. The molecule has 0 aliphatic carbocycles. The van der Waals surface area contributed by atoms with Gasteiger partial charge in [-0.1, -0.05) is 22.7 Å². The third kappa shape index (κ3) is 2.77. The molecule has 0 unspecified atom stereocenters. The van der Waals surface area contributed by atoms with Crippen molar-refractivity contribution in [2.45, 2.75) is 0 Å². The van der Waals surface area contributed by atoms with Gasteiger partial charge in [-0.15, -0.1) is 20.4 Å². The molecule has 0 radical (unpaired) electrons. The van der Waals surface area contributed by atoms with E-state index < -0.39 is 0 Å². The topological polar surface area (TPSA) is 120 Å². The summed E-state index contributed by atoms with van der Waals surface area (Å²) in [5, 5.41) is 17.4. The minimum atomic E-state index is -0.328. The van der Waals surface area contributed by atoms with E-state index in [0.29, 0.717) is 21.4 Å². The molecule has 0 N–H and O–H groups in total. The highest BCUT2D eigenvalue weighted by Crippen LogP contribution is 2.26. The lowest BCUT2D eigenvalue weighted by Gasteiger charge is -1.90. The summed E-state index contributed by atoms with van der Waals surface area (Å²) in [4.78, 5) is 28.3. The highest BCUT2D eigenvalue weighted by Gasteiger charge is 2.21. The number of nitrogens with zero attached hydrogens (tertiary/aromatic N) is 8. The zero-order valence-electron chi connectivity index (χ0n) is 11.8. The van der Waals surface area contributed by atoms with Gasteiger partial charge in [0.1, 0.15) is 24.0 Å². The summed E-state index contributed by atoms with van der Waals surface area (Å²) in [6, 6.07) is 3.40. The molecule has 0 aromatic carbocycles. The van der Waals surface area contributed by atoms with Crippen molar-refractivity contribution in [3.05, 3.63) is 47.2 Å². The molecular formula is C13H6N8OS2. The molecule has 24 heavy (non-hydrogen) atoms. The van der Waals surface area contributed by atoms with Crippen LogP contribution in [0.4, 0.5) is 0 Å². The number of rotatable bonds is 4. The Hall–Kier alpha value is -3.05. The SMILES string of the molecule is O=C(c1nnc(-c2ccncn2)s1)c1nnc(-c2ccncn2)s1. The van der Waals surface area contributed by atoms with Gasteiger partial charge in [0.05, 0.1) is 0 Å². The van der Waals surface area contributed by atoms with Crippen LogP contribution in [0.1, 0.15) is 14.8 Å². The Bertz CT molecular complexity index is 906. The van der Waals surface area contributed by atoms with Crippen LogP contribution in [0.25, 0.3) is 21.4 Å². The number of hydrogen-bond acceptors (Lipinski definition) is 11. The number of aromatic nitrogens is 8. The zero-order valence-corrected chi connectivity index (χ0v) is 13.4. The van der Waals surface area contributed by atoms with Crippen LogP contribution in [0, 0.1) is 0 Å². The lowest BCUT2D eigenvalue weighted by atomic mass is 10.4. The van der Waals surface area contributed by atoms with Crippen molar-refractivity contribution in [1.29, 1.82) is 0 Å². The van der Waals surface area contributed by atoms with Crippen molar-refractivity contribution < 1.29 is 4.79 Å². The van der Waals surface area contributed by atoms with Gasteiger partial charge in [-0.2, -0.15) is 0 Å². The summed E-state index contributed by atoms with van der Waals surface area (Å²) in [6.07, 6.45) is 6.03. The second-order valence-corrected chi connectivity index (χ2v) is 6.30. The highest BCUT2D eigenvalue weighted by atomic mass is 32.1. The average Bonchev–Trinajstić information content (AvgIpc) is 3.33. The number of hydrogen-bond donors (Lipinski definition) is 0.